The molecule has 1 aromatic rings. The Labute approximate surface area is 180 Å². The van der Waals surface area contributed by atoms with Gasteiger partial charge in [0.1, 0.15) is 17.7 Å². The number of hydrogen-bond acceptors (Lipinski definition) is 4. The molecule has 1 unspecified atom stereocenters. The minimum absolute atomic E-state index is 0.176. The topological polar surface area (TPSA) is 87.7 Å². The summed E-state index contributed by atoms with van der Waals surface area (Å²) in [7, 11) is 0. The highest BCUT2D eigenvalue weighted by molar-refractivity contribution is 9.10. The summed E-state index contributed by atoms with van der Waals surface area (Å²) in [5.41, 5.74) is -0.00391. The monoisotopic (exact) mass is 467 g/mol. The largest absolute Gasteiger partial charge is 0.458 e. The summed E-state index contributed by atoms with van der Waals surface area (Å²) in [4.78, 5) is 39.6. The Kier molecular flexibility index (Phi) is 7.68. The summed E-state index contributed by atoms with van der Waals surface area (Å²) >= 11 is 3.34. The molecular formula is C21H30BrN3O4. The molecule has 2 N–H and O–H groups in total. The van der Waals surface area contributed by atoms with Crippen LogP contribution in [0.4, 0.5) is 10.5 Å². The minimum atomic E-state index is -0.678. The first kappa shape index (κ1) is 23.2. The van der Waals surface area contributed by atoms with Gasteiger partial charge in [-0.15, -0.1) is 0 Å². The molecule has 0 saturated carbocycles. The lowest BCUT2D eigenvalue weighted by Gasteiger charge is -2.32. The van der Waals surface area contributed by atoms with Crippen LogP contribution in [0.2, 0.25) is 0 Å². The van der Waals surface area contributed by atoms with E-state index < -0.39 is 29.7 Å². The molecule has 7 nitrogen and oxygen atoms in total. The van der Waals surface area contributed by atoms with Crippen molar-refractivity contribution in [3.63, 3.8) is 0 Å². The van der Waals surface area contributed by atoms with Crippen molar-refractivity contribution in [3.05, 3.63) is 28.7 Å². The normalized spacial score (nSPS) is 20.3. The molecule has 3 amide bonds. The fraction of sp³-hybridized carbons (Fsp3) is 0.571. The van der Waals surface area contributed by atoms with Gasteiger partial charge in [-0.05, 0) is 64.8 Å². The SMILES string of the molecule is CCC[C@@H](C(=O)OC(C)(C)C)N1C(=O)[C@@H](NC(=O)Nc2ccc(Br)cc2)CC1C. The van der Waals surface area contributed by atoms with Crippen LogP contribution >= 0.6 is 15.9 Å². The number of esters is 1. The standard InChI is InChI=1S/C21H30BrN3O4/c1-6-7-17(19(27)29-21(3,4)5)25-13(2)12-16(18(25)26)24-20(28)23-15-10-8-14(22)9-11-15/h8-11,13,16-17H,6-7,12H2,1-5H3,(H2,23,24,28)/t13?,16-,17-/m0/s1. The number of rotatable bonds is 6. The molecule has 0 radical (unpaired) electrons. The second kappa shape index (κ2) is 9.61. The van der Waals surface area contributed by atoms with Crippen LogP contribution in [0, 0.1) is 0 Å². The molecule has 0 bridgehead atoms. The Morgan fingerprint density at radius 1 is 1.28 bits per heavy atom. The number of benzene rings is 1. The molecular weight excluding hydrogens is 438 g/mol. The van der Waals surface area contributed by atoms with E-state index in [2.05, 4.69) is 26.6 Å². The van der Waals surface area contributed by atoms with Crippen molar-refractivity contribution >= 4 is 39.5 Å². The van der Waals surface area contributed by atoms with Gasteiger partial charge < -0.3 is 20.3 Å². The molecule has 8 heteroatoms. The molecule has 1 heterocycles. The fourth-order valence-corrected chi connectivity index (χ4v) is 3.67. The highest BCUT2D eigenvalue weighted by atomic mass is 79.9. The number of halogens is 1. The quantitative estimate of drug-likeness (QED) is 0.617. The molecule has 3 atom stereocenters. The number of amides is 3. The van der Waals surface area contributed by atoms with E-state index in [-0.39, 0.29) is 11.9 Å². The van der Waals surface area contributed by atoms with Crippen molar-refractivity contribution in [3.8, 4) is 0 Å². The van der Waals surface area contributed by atoms with E-state index in [0.29, 0.717) is 18.5 Å². The second-order valence-electron chi connectivity index (χ2n) is 8.33. The lowest BCUT2D eigenvalue weighted by Crippen LogP contribution is -2.50. The smallest absolute Gasteiger partial charge is 0.329 e. The van der Waals surface area contributed by atoms with Crippen molar-refractivity contribution in [2.75, 3.05) is 5.32 Å². The first-order valence-electron chi connectivity index (χ1n) is 9.90. The third-order valence-electron chi connectivity index (χ3n) is 4.59. The van der Waals surface area contributed by atoms with Gasteiger partial charge in [-0.2, -0.15) is 0 Å². The molecule has 1 saturated heterocycles. The molecule has 0 aliphatic carbocycles. The molecule has 1 aromatic carbocycles. The van der Waals surface area contributed by atoms with Crippen molar-refractivity contribution < 1.29 is 19.1 Å². The summed E-state index contributed by atoms with van der Waals surface area (Å²) in [6.45, 7) is 9.27. The van der Waals surface area contributed by atoms with E-state index >= 15 is 0 Å². The molecule has 29 heavy (non-hydrogen) atoms. The number of anilines is 1. The first-order chi connectivity index (χ1) is 13.5. The molecule has 1 aliphatic heterocycles. The van der Waals surface area contributed by atoms with E-state index in [1.54, 1.807) is 37.8 Å². The van der Waals surface area contributed by atoms with Crippen molar-refractivity contribution in [1.82, 2.24) is 10.2 Å². The number of likely N-dealkylation sites (tertiary alicyclic amines) is 1. The van der Waals surface area contributed by atoms with Gasteiger partial charge in [0.25, 0.3) is 0 Å². The zero-order valence-electron chi connectivity index (χ0n) is 17.6. The number of nitrogens with one attached hydrogen (secondary N) is 2. The predicted molar refractivity (Wildman–Crippen MR) is 116 cm³/mol. The van der Waals surface area contributed by atoms with Gasteiger partial charge in [-0.25, -0.2) is 9.59 Å². The molecule has 160 valence electrons. The zero-order chi connectivity index (χ0) is 21.8. The van der Waals surface area contributed by atoms with Crippen LogP contribution < -0.4 is 10.6 Å². The zero-order valence-corrected chi connectivity index (χ0v) is 19.2. The third kappa shape index (κ3) is 6.45. The predicted octanol–water partition coefficient (Wildman–Crippen LogP) is 4.07. The van der Waals surface area contributed by atoms with Gasteiger partial charge in [0, 0.05) is 16.2 Å². The number of carbonyl (C=O) groups is 3. The summed E-state index contributed by atoms with van der Waals surface area (Å²) < 4.78 is 6.44. The highest BCUT2D eigenvalue weighted by Gasteiger charge is 2.44. The maximum Gasteiger partial charge on any atom is 0.329 e. The average Bonchev–Trinajstić information content (AvgIpc) is 2.87. The Morgan fingerprint density at radius 2 is 1.90 bits per heavy atom. The summed E-state index contributed by atoms with van der Waals surface area (Å²) in [6, 6.07) is 5.19. The Bertz CT molecular complexity index is 745. The van der Waals surface area contributed by atoms with Crippen molar-refractivity contribution in [2.24, 2.45) is 0 Å². The van der Waals surface area contributed by atoms with Crippen molar-refractivity contribution in [2.45, 2.75) is 77.6 Å². The van der Waals surface area contributed by atoms with Crippen LogP contribution in [0.15, 0.2) is 28.7 Å². The molecule has 1 fully saturated rings. The van der Waals surface area contributed by atoms with Crippen LogP contribution in [0.5, 0.6) is 0 Å². The number of urea groups is 1. The van der Waals surface area contributed by atoms with Gasteiger partial charge in [0.15, 0.2) is 0 Å². The summed E-state index contributed by atoms with van der Waals surface area (Å²) in [5.74, 6) is -0.660. The lowest BCUT2D eigenvalue weighted by molar-refractivity contribution is -0.165. The van der Waals surface area contributed by atoms with Gasteiger partial charge in [-0.3, -0.25) is 4.79 Å². The van der Waals surface area contributed by atoms with Crippen LogP contribution in [0.1, 0.15) is 53.9 Å². The summed E-state index contributed by atoms with van der Waals surface area (Å²) in [5, 5.41) is 5.45. The number of ether oxygens (including phenoxy) is 1. The minimum Gasteiger partial charge on any atom is -0.458 e. The lowest BCUT2D eigenvalue weighted by atomic mass is 10.1. The fourth-order valence-electron chi connectivity index (χ4n) is 3.41. The highest BCUT2D eigenvalue weighted by Crippen LogP contribution is 2.26. The average molecular weight is 468 g/mol. The van der Waals surface area contributed by atoms with Crippen molar-refractivity contribution in [1.29, 1.82) is 0 Å². The molecule has 0 aromatic heterocycles. The Balaban J connectivity index is 2.06. The maximum atomic E-state index is 13.0. The summed E-state index contributed by atoms with van der Waals surface area (Å²) in [6.07, 6.45) is 1.70. The van der Waals surface area contributed by atoms with Gasteiger partial charge in [-0.1, -0.05) is 29.3 Å². The second-order valence-corrected chi connectivity index (χ2v) is 9.24. The molecule has 1 aliphatic rings. The van der Waals surface area contributed by atoms with Crippen LogP contribution in [0.3, 0.4) is 0 Å². The number of carbonyl (C=O) groups excluding carboxylic acids is 3. The van der Waals surface area contributed by atoms with E-state index in [1.165, 1.54) is 0 Å². The Hall–Kier alpha value is -2.09. The van der Waals surface area contributed by atoms with Gasteiger partial charge in [0.2, 0.25) is 5.91 Å². The molecule has 2 rings (SSSR count). The van der Waals surface area contributed by atoms with Gasteiger partial charge in [0.05, 0.1) is 0 Å². The number of nitrogens with zero attached hydrogens (tertiary/aromatic N) is 1. The van der Waals surface area contributed by atoms with Gasteiger partial charge >= 0.3 is 12.0 Å². The van der Waals surface area contributed by atoms with E-state index in [0.717, 1.165) is 10.9 Å². The molecule has 0 spiro atoms. The first-order valence-corrected chi connectivity index (χ1v) is 10.7. The van der Waals surface area contributed by atoms with Crippen LogP contribution in [-0.2, 0) is 14.3 Å². The van der Waals surface area contributed by atoms with E-state index in [1.807, 2.05) is 26.0 Å². The van der Waals surface area contributed by atoms with Crippen LogP contribution in [-0.4, -0.2) is 46.5 Å². The van der Waals surface area contributed by atoms with E-state index in [4.69, 9.17) is 4.74 Å². The number of hydrogen-bond donors (Lipinski definition) is 2. The Morgan fingerprint density at radius 3 is 2.45 bits per heavy atom. The van der Waals surface area contributed by atoms with Crippen LogP contribution in [0.25, 0.3) is 0 Å². The third-order valence-corrected chi connectivity index (χ3v) is 5.12. The maximum absolute atomic E-state index is 13.0. The van der Waals surface area contributed by atoms with E-state index in [9.17, 15) is 14.4 Å².